The van der Waals surface area contributed by atoms with E-state index in [9.17, 15) is 9.59 Å². The van der Waals surface area contributed by atoms with E-state index in [1.54, 1.807) is 29.3 Å². The molecule has 2 aliphatic heterocycles. The van der Waals surface area contributed by atoms with Crippen LogP contribution in [0.5, 0.6) is 5.88 Å². The molecular weight excluding hydrogens is 527 g/mol. The van der Waals surface area contributed by atoms with Crippen LogP contribution in [0.15, 0.2) is 54.9 Å². The van der Waals surface area contributed by atoms with Crippen molar-refractivity contribution in [2.24, 2.45) is 0 Å². The van der Waals surface area contributed by atoms with Gasteiger partial charge in [0.1, 0.15) is 17.1 Å². The second kappa shape index (κ2) is 9.98. The molecule has 2 saturated heterocycles. The Bertz CT molecular complexity index is 1520. The molecule has 0 aliphatic carbocycles. The lowest BCUT2D eigenvalue weighted by molar-refractivity contribution is -0.127. The summed E-state index contributed by atoms with van der Waals surface area (Å²) >= 11 is 12.4. The predicted molar refractivity (Wildman–Crippen MR) is 142 cm³/mol. The van der Waals surface area contributed by atoms with Crippen molar-refractivity contribution in [3.8, 4) is 17.3 Å². The maximum absolute atomic E-state index is 13.6. The summed E-state index contributed by atoms with van der Waals surface area (Å²) in [7, 11) is 1.49. The third kappa shape index (κ3) is 4.51. The van der Waals surface area contributed by atoms with Crippen LogP contribution >= 0.6 is 23.2 Å². The zero-order chi connectivity index (χ0) is 26.4. The van der Waals surface area contributed by atoms with Crippen LogP contribution in [0.4, 0.5) is 0 Å². The lowest BCUT2D eigenvalue weighted by Gasteiger charge is -2.49. The number of amides is 1. The van der Waals surface area contributed by atoms with Gasteiger partial charge in [-0.1, -0.05) is 29.3 Å². The van der Waals surface area contributed by atoms with E-state index in [-0.39, 0.29) is 34.5 Å². The number of imidazole rings is 1. The van der Waals surface area contributed by atoms with Crippen LogP contribution in [0.3, 0.4) is 0 Å². The van der Waals surface area contributed by atoms with Crippen molar-refractivity contribution in [3.63, 3.8) is 0 Å². The highest BCUT2D eigenvalue weighted by molar-refractivity contribution is 6.33. The van der Waals surface area contributed by atoms with E-state index >= 15 is 0 Å². The minimum atomic E-state index is -0.289. The Morgan fingerprint density at radius 1 is 1.05 bits per heavy atom. The lowest BCUT2D eigenvalue weighted by Crippen LogP contribution is -2.64. The third-order valence-corrected chi connectivity index (χ3v) is 7.62. The van der Waals surface area contributed by atoms with Crippen molar-refractivity contribution >= 4 is 40.5 Å². The number of Topliss-reactive ketones (excluding diaryl/α,β-unsaturated/α-hetero) is 1. The van der Waals surface area contributed by atoms with Gasteiger partial charge in [-0.05, 0) is 30.3 Å². The number of likely N-dealkylation sites (tertiary alicyclic amines) is 1. The van der Waals surface area contributed by atoms with Crippen molar-refractivity contribution in [2.45, 2.75) is 31.5 Å². The van der Waals surface area contributed by atoms with Crippen LogP contribution in [-0.2, 0) is 11.3 Å². The van der Waals surface area contributed by atoms with Crippen LogP contribution in [0.25, 0.3) is 17.0 Å². The number of ketones is 1. The maximum atomic E-state index is 13.6. The largest absolute Gasteiger partial charge is 0.481 e. The fraction of sp³-hybridized carbons (Fsp3) is 0.296. The summed E-state index contributed by atoms with van der Waals surface area (Å²) in [5, 5.41) is 0.816. The number of nitrogens with zero attached hydrogens (tertiary/aromatic N) is 6. The summed E-state index contributed by atoms with van der Waals surface area (Å²) in [5.41, 5.74) is 3.45. The Kier molecular flexibility index (Phi) is 6.51. The third-order valence-electron chi connectivity index (χ3n) is 7.09. The van der Waals surface area contributed by atoms with E-state index in [2.05, 4.69) is 19.3 Å². The van der Waals surface area contributed by atoms with Gasteiger partial charge in [0.15, 0.2) is 5.69 Å². The van der Waals surface area contributed by atoms with Crippen molar-refractivity contribution in [2.75, 3.05) is 20.2 Å². The lowest BCUT2D eigenvalue weighted by atomic mass is 9.89. The van der Waals surface area contributed by atoms with E-state index in [0.29, 0.717) is 43.4 Å². The molecule has 2 fully saturated rings. The molecule has 2 unspecified atom stereocenters. The minimum absolute atomic E-state index is 0.140. The molecule has 0 N–H and O–H groups in total. The number of pyridine rings is 3. The summed E-state index contributed by atoms with van der Waals surface area (Å²) < 4.78 is 7.26. The first-order valence-electron chi connectivity index (χ1n) is 12.3. The standard InChI is InChI=1S/C27H24Cl2N6O3/c1-38-24-8-6-20(29)25(32-24)27(37)35-17-10-19(36)11-18(35)14-33(13-17)15-22-26(21-7-5-16(28)12-30-21)31-23-4-2-3-9-34(22)23/h2-9,12,17-18H,10-11,13-15H2,1H3. The molecule has 4 aromatic rings. The normalized spacial score (nSPS) is 19.7. The molecule has 9 nitrogen and oxygen atoms in total. The zero-order valence-electron chi connectivity index (χ0n) is 20.6. The molecule has 6 rings (SSSR count). The molecule has 194 valence electrons. The van der Waals surface area contributed by atoms with Gasteiger partial charge in [0.2, 0.25) is 5.88 Å². The van der Waals surface area contributed by atoms with Crippen LogP contribution < -0.4 is 4.74 Å². The zero-order valence-corrected chi connectivity index (χ0v) is 22.1. The highest BCUT2D eigenvalue weighted by Crippen LogP contribution is 2.32. The number of hydrogen-bond acceptors (Lipinski definition) is 7. The molecule has 0 saturated carbocycles. The molecule has 11 heteroatoms. The Hall–Kier alpha value is -3.53. The van der Waals surface area contributed by atoms with Crippen molar-refractivity contribution in [1.29, 1.82) is 0 Å². The molecule has 0 radical (unpaired) electrons. The van der Waals surface area contributed by atoms with Gasteiger partial charge in [0.25, 0.3) is 5.91 Å². The number of carbonyl (C=O) groups is 2. The Morgan fingerprint density at radius 2 is 1.84 bits per heavy atom. The van der Waals surface area contributed by atoms with E-state index in [0.717, 1.165) is 22.7 Å². The van der Waals surface area contributed by atoms with Gasteiger partial charge < -0.3 is 14.0 Å². The Morgan fingerprint density at radius 3 is 2.55 bits per heavy atom. The second-order valence-corrected chi connectivity index (χ2v) is 10.4. The Labute approximate surface area is 229 Å². The fourth-order valence-electron chi connectivity index (χ4n) is 5.48. The first-order valence-corrected chi connectivity index (χ1v) is 13.0. The number of piperazine rings is 1. The van der Waals surface area contributed by atoms with Gasteiger partial charge in [-0.2, -0.15) is 0 Å². The molecule has 2 aliphatic rings. The quantitative estimate of drug-likeness (QED) is 0.368. The van der Waals surface area contributed by atoms with Crippen LogP contribution in [-0.4, -0.2) is 73.1 Å². The monoisotopic (exact) mass is 550 g/mol. The highest BCUT2D eigenvalue weighted by atomic mass is 35.5. The summed E-state index contributed by atoms with van der Waals surface area (Å²) in [5.74, 6) is 0.194. The highest BCUT2D eigenvalue weighted by Gasteiger charge is 2.44. The number of hydrogen-bond donors (Lipinski definition) is 0. The van der Waals surface area contributed by atoms with E-state index in [4.69, 9.17) is 32.9 Å². The molecular formula is C27H24Cl2N6O3. The van der Waals surface area contributed by atoms with E-state index in [1.807, 2.05) is 30.5 Å². The summed E-state index contributed by atoms with van der Waals surface area (Å²) in [6.07, 6.45) is 4.18. The molecule has 2 atom stereocenters. The number of fused-ring (bicyclic) bond motifs is 3. The van der Waals surface area contributed by atoms with Crippen molar-refractivity contribution in [3.05, 3.63) is 76.3 Å². The number of ether oxygens (including phenoxy) is 1. The summed E-state index contributed by atoms with van der Waals surface area (Å²) in [6, 6.07) is 12.2. The van der Waals surface area contributed by atoms with Gasteiger partial charge >= 0.3 is 0 Å². The van der Waals surface area contributed by atoms with Crippen LogP contribution in [0.2, 0.25) is 10.0 Å². The topological polar surface area (TPSA) is 92.9 Å². The van der Waals surface area contributed by atoms with Crippen molar-refractivity contribution in [1.82, 2.24) is 29.2 Å². The van der Waals surface area contributed by atoms with Gasteiger partial charge in [-0.15, -0.1) is 0 Å². The molecule has 4 aromatic heterocycles. The molecule has 2 bridgehead atoms. The average molecular weight is 551 g/mol. The molecule has 0 spiro atoms. The number of piperidine rings is 1. The smallest absolute Gasteiger partial charge is 0.274 e. The second-order valence-electron chi connectivity index (χ2n) is 9.54. The first-order chi connectivity index (χ1) is 18.4. The van der Waals surface area contributed by atoms with E-state index < -0.39 is 0 Å². The Balaban J connectivity index is 1.31. The fourth-order valence-corrected chi connectivity index (χ4v) is 5.78. The first kappa shape index (κ1) is 24.8. The SMILES string of the molecule is COc1ccc(Cl)c(C(=O)N2C3CC(=O)CC2CN(Cc2c(-c4ccc(Cl)cn4)nc4ccccn24)C3)n1. The number of rotatable bonds is 5. The summed E-state index contributed by atoms with van der Waals surface area (Å²) in [6.45, 7) is 1.64. The molecule has 38 heavy (non-hydrogen) atoms. The average Bonchev–Trinajstić information content (AvgIpc) is 3.26. The van der Waals surface area contributed by atoms with Gasteiger partial charge in [0.05, 0.1) is 40.6 Å². The van der Waals surface area contributed by atoms with Gasteiger partial charge in [0, 0.05) is 50.9 Å². The van der Waals surface area contributed by atoms with Crippen LogP contribution in [0.1, 0.15) is 29.0 Å². The maximum Gasteiger partial charge on any atom is 0.274 e. The van der Waals surface area contributed by atoms with E-state index in [1.165, 1.54) is 7.11 Å². The molecule has 6 heterocycles. The number of carbonyl (C=O) groups excluding carboxylic acids is 2. The number of methoxy groups -OCH3 is 1. The number of aromatic nitrogens is 4. The predicted octanol–water partition coefficient (Wildman–Crippen LogP) is 4.16. The molecule has 0 aromatic carbocycles. The van der Waals surface area contributed by atoms with Gasteiger partial charge in [-0.25, -0.2) is 9.97 Å². The van der Waals surface area contributed by atoms with Crippen LogP contribution in [0, 0.1) is 0 Å². The minimum Gasteiger partial charge on any atom is -0.481 e. The summed E-state index contributed by atoms with van der Waals surface area (Å²) in [4.78, 5) is 43.9. The number of halogens is 2. The van der Waals surface area contributed by atoms with Gasteiger partial charge in [-0.3, -0.25) is 19.5 Å². The van der Waals surface area contributed by atoms with Crippen molar-refractivity contribution < 1.29 is 14.3 Å². The molecule has 1 amide bonds.